The molecule has 2 aromatic rings. The number of fused-ring (bicyclic) bond motifs is 1. The van der Waals surface area contributed by atoms with Gasteiger partial charge < -0.3 is 0 Å². The van der Waals surface area contributed by atoms with Gasteiger partial charge in [-0.05, 0) is 36.8 Å². The Morgan fingerprint density at radius 3 is 2.42 bits per heavy atom. The predicted octanol–water partition coefficient (Wildman–Crippen LogP) is 4.15. The molecule has 0 amide bonds. The van der Waals surface area contributed by atoms with E-state index in [4.69, 9.17) is 11.6 Å². The Hall–Kier alpha value is -1.85. The molecule has 1 aliphatic carbocycles. The maximum atomic E-state index is 9.49. The highest BCUT2D eigenvalue weighted by Crippen LogP contribution is 2.34. The van der Waals surface area contributed by atoms with Gasteiger partial charge in [0.1, 0.15) is 11.2 Å². The first kappa shape index (κ1) is 12.2. The van der Waals surface area contributed by atoms with Crippen LogP contribution in [0.2, 0.25) is 5.15 Å². The summed E-state index contributed by atoms with van der Waals surface area (Å²) >= 11 is 6.31. The van der Waals surface area contributed by atoms with E-state index in [2.05, 4.69) is 11.1 Å². The summed E-state index contributed by atoms with van der Waals surface area (Å²) in [5.41, 5.74) is 4.55. The number of rotatable bonds is 1. The minimum Gasteiger partial charge on any atom is -0.234 e. The van der Waals surface area contributed by atoms with E-state index >= 15 is 0 Å². The molecule has 0 aliphatic heterocycles. The summed E-state index contributed by atoms with van der Waals surface area (Å²) in [7, 11) is 0. The zero-order chi connectivity index (χ0) is 13.2. The SMILES string of the molecule is N#Cc1c(-c2ccccc2)nc(Cl)c2c1CCCC2. The monoisotopic (exact) mass is 268 g/mol. The summed E-state index contributed by atoms with van der Waals surface area (Å²) in [6, 6.07) is 12.1. The molecular weight excluding hydrogens is 256 g/mol. The lowest BCUT2D eigenvalue weighted by atomic mass is 9.88. The molecule has 0 unspecified atom stereocenters. The average molecular weight is 269 g/mol. The Kier molecular flexibility index (Phi) is 3.23. The molecule has 1 aromatic heterocycles. The number of hydrogen-bond donors (Lipinski definition) is 0. The Balaban J connectivity index is 2.27. The Labute approximate surface area is 117 Å². The van der Waals surface area contributed by atoms with Gasteiger partial charge >= 0.3 is 0 Å². The van der Waals surface area contributed by atoms with Crippen LogP contribution in [0.4, 0.5) is 0 Å². The second-order valence-corrected chi connectivity index (χ2v) is 5.13. The van der Waals surface area contributed by atoms with Crippen LogP contribution in [0.15, 0.2) is 30.3 Å². The molecule has 1 aliphatic rings. The first-order valence-electron chi connectivity index (χ1n) is 6.48. The van der Waals surface area contributed by atoms with E-state index in [1.165, 1.54) is 0 Å². The van der Waals surface area contributed by atoms with Gasteiger partial charge in [0.05, 0.1) is 11.3 Å². The van der Waals surface area contributed by atoms with Crippen LogP contribution in [0.25, 0.3) is 11.3 Å². The van der Waals surface area contributed by atoms with Crippen LogP contribution in [0, 0.1) is 11.3 Å². The molecule has 1 aromatic carbocycles. The van der Waals surface area contributed by atoms with Crippen LogP contribution in [-0.4, -0.2) is 4.98 Å². The summed E-state index contributed by atoms with van der Waals surface area (Å²) in [6.45, 7) is 0. The lowest BCUT2D eigenvalue weighted by molar-refractivity contribution is 0.681. The first-order valence-corrected chi connectivity index (χ1v) is 6.86. The smallest absolute Gasteiger partial charge is 0.133 e. The second-order valence-electron chi connectivity index (χ2n) is 4.77. The first-order chi connectivity index (χ1) is 9.31. The van der Waals surface area contributed by atoms with Crippen molar-refractivity contribution in [3.8, 4) is 17.3 Å². The normalized spacial score (nSPS) is 13.7. The number of aromatic nitrogens is 1. The average Bonchev–Trinajstić information content (AvgIpc) is 2.48. The fraction of sp³-hybridized carbons (Fsp3) is 0.250. The summed E-state index contributed by atoms with van der Waals surface area (Å²) in [4.78, 5) is 4.47. The molecule has 0 fully saturated rings. The number of nitriles is 1. The Bertz CT molecular complexity index is 657. The molecule has 0 N–H and O–H groups in total. The maximum absolute atomic E-state index is 9.49. The van der Waals surface area contributed by atoms with Gasteiger partial charge in [0.25, 0.3) is 0 Å². The van der Waals surface area contributed by atoms with E-state index < -0.39 is 0 Å². The second kappa shape index (κ2) is 5.03. The van der Waals surface area contributed by atoms with Gasteiger partial charge in [-0.1, -0.05) is 41.9 Å². The summed E-state index contributed by atoms with van der Waals surface area (Å²) in [5.74, 6) is 0. The van der Waals surface area contributed by atoms with E-state index in [-0.39, 0.29) is 0 Å². The molecule has 0 saturated heterocycles. The summed E-state index contributed by atoms with van der Waals surface area (Å²) in [6.07, 6.45) is 4.12. The molecule has 0 spiro atoms. The molecule has 0 bridgehead atoms. The standard InChI is InChI=1S/C16H13ClN2/c17-16-13-9-5-4-8-12(13)14(10-18)15(19-16)11-6-2-1-3-7-11/h1-3,6-7H,4-5,8-9H2. The van der Waals surface area contributed by atoms with Crippen molar-refractivity contribution in [1.29, 1.82) is 5.26 Å². The lowest BCUT2D eigenvalue weighted by Crippen LogP contribution is -2.09. The largest absolute Gasteiger partial charge is 0.234 e. The van der Waals surface area contributed by atoms with Gasteiger partial charge in [0.15, 0.2) is 0 Å². The van der Waals surface area contributed by atoms with E-state index in [1.54, 1.807) is 0 Å². The molecule has 2 nitrogen and oxygen atoms in total. The van der Waals surface area contributed by atoms with Gasteiger partial charge in [0, 0.05) is 5.56 Å². The van der Waals surface area contributed by atoms with E-state index in [0.29, 0.717) is 16.4 Å². The van der Waals surface area contributed by atoms with Gasteiger partial charge in [-0.3, -0.25) is 0 Å². The van der Waals surface area contributed by atoms with Crippen LogP contribution in [0.1, 0.15) is 29.5 Å². The summed E-state index contributed by atoms with van der Waals surface area (Å²) < 4.78 is 0. The topological polar surface area (TPSA) is 36.7 Å². The third-order valence-electron chi connectivity index (χ3n) is 3.62. The number of benzene rings is 1. The molecule has 1 heterocycles. The van der Waals surface area contributed by atoms with Gasteiger partial charge in [-0.25, -0.2) is 4.98 Å². The highest BCUT2D eigenvalue weighted by atomic mass is 35.5. The van der Waals surface area contributed by atoms with E-state index in [1.807, 2.05) is 30.3 Å². The minimum absolute atomic E-state index is 0.563. The molecular formula is C16H13ClN2. The van der Waals surface area contributed by atoms with Crippen molar-refractivity contribution in [2.45, 2.75) is 25.7 Å². The highest BCUT2D eigenvalue weighted by molar-refractivity contribution is 6.30. The van der Waals surface area contributed by atoms with E-state index in [0.717, 1.165) is 42.4 Å². The predicted molar refractivity (Wildman–Crippen MR) is 76.0 cm³/mol. The highest BCUT2D eigenvalue weighted by Gasteiger charge is 2.21. The van der Waals surface area contributed by atoms with E-state index in [9.17, 15) is 5.26 Å². The molecule has 94 valence electrons. The Morgan fingerprint density at radius 2 is 1.74 bits per heavy atom. The van der Waals surface area contributed by atoms with Crippen molar-refractivity contribution in [3.63, 3.8) is 0 Å². The third kappa shape index (κ3) is 2.11. The van der Waals surface area contributed by atoms with Gasteiger partial charge in [0.2, 0.25) is 0 Å². The maximum Gasteiger partial charge on any atom is 0.133 e. The number of pyridine rings is 1. The molecule has 3 heteroatoms. The number of nitrogens with zero attached hydrogens (tertiary/aromatic N) is 2. The fourth-order valence-electron chi connectivity index (χ4n) is 2.70. The van der Waals surface area contributed by atoms with Crippen LogP contribution >= 0.6 is 11.6 Å². The van der Waals surface area contributed by atoms with Crippen LogP contribution in [0.3, 0.4) is 0 Å². The van der Waals surface area contributed by atoms with Crippen molar-refractivity contribution < 1.29 is 0 Å². The van der Waals surface area contributed by atoms with Gasteiger partial charge in [-0.2, -0.15) is 5.26 Å². The fourth-order valence-corrected chi connectivity index (χ4v) is 2.99. The van der Waals surface area contributed by atoms with Crippen molar-refractivity contribution in [2.24, 2.45) is 0 Å². The van der Waals surface area contributed by atoms with Crippen LogP contribution in [0.5, 0.6) is 0 Å². The minimum atomic E-state index is 0.563. The zero-order valence-electron chi connectivity index (χ0n) is 10.5. The summed E-state index contributed by atoms with van der Waals surface area (Å²) in [5, 5.41) is 10.1. The van der Waals surface area contributed by atoms with Crippen LogP contribution < -0.4 is 0 Å². The molecule has 3 rings (SSSR count). The van der Waals surface area contributed by atoms with Crippen molar-refractivity contribution in [1.82, 2.24) is 4.98 Å². The Morgan fingerprint density at radius 1 is 1.05 bits per heavy atom. The quantitative estimate of drug-likeness (QED) is 0.729. The lowest BCUT2D eigenvalue weighted by Gasteiger charge is -2.19. The number of halogens is 1. The van der Waals surface area contributed by atoms with Gasteiger partial charge in [-0.15, -0.1) is 0 Å². The molecule has 19 heavy (non-hydrogen) atoms. The third-order valence-corrected chi connectivity index (χ3v) is 3.94. The molecule has 0 radical (unpaired) electrons. The van der Waals surface area contributed by atoms with Crippen molar-refractivity contribution in [3.05, 3.63) is 52.2 Å². The zero-order valence-corrected chi connectivity index (χ0v) is 11.2. The van der Waals surface area contributed by atoms with Crippen molar-refractivity contribution >= 4 is 11.6 Å². The molecule has 0 atom stereocenters. The van der Waals surface area contributed by atoms with Crippen LogP contribution in [-0.2, 0) is 12.8 Å². The number of hydrogen-bond acceptors (Lipinski definition) is 2. The van der Waals surface area contributed by atoms with Crippen molar-refractivity contribution in [2.75, 3.05) is 0 Å². The molecule has 0 saturated carbocycles.